The molecule has 0 radical (unpaired) electrons. The van der Waals surface area contributed by atoms with Crippen LogP contribution >= 0.6 is 0 Å². The van der Waals surface area contributed by atoms with Crippen molar-refractivity contribution in [1.29, 1.82) is 0 Å². The molecule has 1 atom stereocenters. The number of sulfonamides is 1. The largest absolute Gasteiger partial charge is 0.416 e. The molecule has 1 fully saturated rings. The molecule has 0 aliphatic carbocycles. The van der Waals surface area contributed by atoms with Gasteiger partial charge in [-0.25, -0.2) is 12.7 Å². The van der Waals surface area contributed by atoms with E-state index in [-0.39, 0.29) is 18.0 Å². The Labute approximate surface area is 138 Å². The highest BCUT2D eigenvalue weighted by Crippen LogP contribution is 2.29. The van der Waals surface area contributed by atoms with Crippen molar-refractivity contribution in [2.24, 2.45) is 5.92 Å². The molecule has 1 unspecified atom stereocenters. The molecule has 24 heavy (non-hydrogen) atoms. The number of carbonyl (C=O) groups is 1. The molecular formula is C15H19F3N2O3S. The third kappa shape index (κ3) is 4.94. The van der Waals surface area contributed by atoms with Gasteiger partial charge >= 0.3 is 6.18 Å². The first-order valence-electron chi connectivity index (χ1n) is 7.48. The fourth-order valence-corrected chi connectivity index (χ4v) is 3.61. The van der Waals surface area contributed by atoms with Crippen molar-refractivity contribution < 1.29 is 26.4 Å². The van der Waals surface area contributed by atoms with E-state index in [2.05, 4.69) is 5.32 Å². The van der Waals surface area contributed by atoms with Crippen molar-refractivity contribution >= 4 is 15.9 Å². The minimum atomic E-state index is -4.50. The van der Waals surface area contributed by atoms with Crippen molar-refractivity contribution in [3.05, 3.63) is 35.4 Å². The summed E-state index contributed by atoms with van der Waals surface area (Å²) in [4.78, 5) is 12.0. The highest BCUT2D eigenvalue weighted by atomic mass is 32.2. The van der Waals surface area contributed by atoms with E-state index in [1.54, 1.807) is 0 Å². The summed E-state index contributed by atoms with van der Waals surface area (Å²) >= 11 is 0. The van der Waals surface area contributed by atoms with E-state index in [0.717, 1.165) is 24.8 Å². The lowest BCUT2D eigenvalue weighted by molar-refractivity contribution is -0.137. The quantitative estimate of drug-likeness (QED) is 0.890. The molecule has 0 saturated carbocycles. The minimum Gasteiger partial charge on any atom is -0.352 e. The van der Waals surface area contributed by atoms with E-state index >= 15 is 0 Å². The van der Waals surface area contributed by atoms with Gasteiger partial charge in [-0.15, -0.1) is 0 Å². The van der Waals surface area contributed by atoms with Crippen LogP contribution in [0, 0.1) is 5.92 Å². The van der Waals surface area contributed by atoms with E-state index in [0.29, 0.717) is 19.5 Å². The second kappa shape index (κ2) is 7.10. The van der Waals surface area contributed by atoms with Gasteiger partial charge in [0.1, 0.15) is 0 Å². The van der Waals surface area contributed by atoms with Crippen LogP contribution in [-0.2, 0) is 16.2 Å². The smallest absolute Gasteiger partial charge is 0.352 e. The van der Waals surface area contributed by atoms with Gasteiger partial charge in [-0.2, -0.15) is 13.2 Å². The molecule has 2 rings (SSSR count). The normalized spacial score (nSPS) is 19.9. The second-order valence-electron chi connectivity index (χ2n) is 5.92. The molecular weight excluding hydrogens is 345 g/mol. The summed E-state index contributed by atoms with van der Waals surface area (Å²) < 4.78 is 62.5. The summed E-state index contributed by atoms with van der Waals surface area (Å²) in [6.07, 6.45) is -1.92. The van der Waals surface area contributed by atoms with E-state index in [9.17, 15) is 26.4 Å². The zero-order valence-electron chi connectivity index (χ0n) is 13.1. The number of rotatable bonds is 4. The maximum absolute atomic E-state index is 12.7. The number of piperidine rings is 1. The monoisotopic (exact) mass is 364 g/mol. The molecule has 1 saturated heterocycles. The van der Waals surface area contributed by atoms with Crippen LogP contribution in [0.15, 0.2) is 24.3 Å². The van der Waals surface area contributed by atoms with Gasteiger partial charge in [-0.05, 0) is 37.0 Å². The van der Waals surface area contributed by atoms with Crippen LogP contribution in [0.1, 0.15) is 28.8 Å². The summed E-state index contributed by atoms with van der Waals surface area (Å²) in [5.74, 6) is -0.652. The summed E-state index contributed by atoms with van der Waals surface area (Å²) in [6, 6.07) is 4.21. The first-order chi connectivity index (χ1) is 11.1. The zero-order chi connectivity index (χ0) is 18.0. The summed E-state index contributed by atoms with van der Waals surface area (Å²) in [6.45, 7) is 0.986. The molecule has 0 bridgehead atoms. The number of hydrogen-bond donors (Lipinski definition) is 1. The van der Waals surface area contributed by atoms with Gasteiger partial charge in [0.2, 0.25) is 10.0 Å². The summed E-state index contributed by atoms with van der Waals surface area (Å²) in [7, 11) is -3.28. The Balaban J connectivity index is 1.96. The molecule has 0 aromatic heterocycles. The Hall–Kier alpha value is -1.61. The number of carbonyl (C=O) groups excluding carboxylic acids is 1. The van der Waals surface area contributed by atoms with Crippen LogP contribution in [0.25, 0.3) is 0 Å². The lowest BCUT2D eigenvalue weighted by Gasteiger charge is -2.30. The van der Waals surface area contributed by atoms with Crippen molar-refractivity contribution in [3.8, 4) is 0 Å². The zero-order valence-corrected chi connectivity index (χ0v) is 14.0. The molecule has 1 heterocycles. The Morgan fingerprint density at radius 3 is 2.71 bits per heavy atom. The van der Waals surface area contributed by atoms with Crippen LogP contribution in [0.4, 0.5) is 13.2 Å². The number of amides is 1. The molecule has 134 valence electrons. The van der Waals surface area contributed by atoms with Crippen molar-refractivity contribution in [2.45, 2.75) is 19.0 Å². The molecule has 1 N–H and O–H groups in total. The van der Waals surface area contributed by atoms with E-state index < -0.39 is 27.7 Å². The van der Waals surface area contributed by atoms with Crippen LogP contribution < -0.4 is 5.32 Å². The maximum Gasteiger partial charge on any atom is 0.416 e. The number of nitrogens with one attached hydrogen (secondary N) is 1. The van der Waals surface area contributed by atoms with Gasteiger partial charge in [0.05, 0.1) is 11.8 Å². The number of nitrogens with zero attached hydrogens (tertiary/aromatic N) is 1. The average molecular weight is 364 g/mol. The average Bonchev–Trinajstić information content (AvgIpc) is 2.51. The summed E-state index contributed by atoms with van der Waals surface area (Å²) in [5, 5.41) is 2.59. The van der Waals surface area contributed by atoms with Gasteiger partial charge in [-0.1, -0.05) is 6.07 Å². The van der Waals surface area contributed by atoms with Crippen LogP contribution in [-0.4, -0.2) is 44.5 Å². The highest BCUT2D eigenvalue weighted by molar-refractivity contribution is 7.88. The molecule has 5 nitrogen and oxygen atoms in total. The van der Waals surface area contributed by atoms with Gasteiger partial charge in [0.15, 0.2) is 0 Å². The van der Waals surface area contributed by atoms with E-state index in [4.69, 9.17) is 0 Å². The number of benzene rings is 1. The van der Waals surface area contributed by atoms with Crippen molar-refractivity contribution in [1.82, 2.24) is 9.62 Å². The van der Waals surface area contributed by atoms with Crippen molar-refractivity contribution in [2.75, 3.05) is 25.9 Å². The lowest BCUT2D eigenvalue weighted by atomic mass is 9.99. The second-order valence-corrected chi connectivity index (χ2v) is 7.90. The number of halogens is 3. The topological polar surface area (TPSA) is 66.5 Å². The number of alkyl halides is 3. The van der Waals surface area contributed by atoms with Gasteiger partial charge in [0.25, 0.3) is 5.91 Å². The predicted octanol–water partition coefficient (Wildman–Crippen LogP) is 2.11. The fourth-order valence-electron chi connectivity index (χ4n) is 2.67. The van der Waals surface area contributed by atoms with Crippen LogP contribution in [0.3, 0.4) is 0 Å². The SMILES string of the molecule is CS(=O)(=O)N1CCCC(CNC(=O)c2cccc(C(F)(F)F)c2)C1. The lowest BCUT2D eigenvalue weighted by Crippen LogP contribution is -2.43. The predicted molar refractivity (Wildman–Crippen MR) is 82.9 cm³/mol. The molecule has 9 heteroatoms. The highest BCUT2D eigenvalue weighted by Gasteiger charge is 2.31. The molecule has 1 aromatic rings. The molecule has 1 aromatic carbocycles. The number of hydrogen-bond acceptors (Lipinski definition) is 3. The van der Waals surface area contributed by atoms with E-state index in [1.165, 1.54) is 16.4 Å². The fraction of sp³-hybridized carbons (Fsp3) is 0.533. The van der Waals surface area contributed by atoms with E-state index in [1.807, 2.05) is 0 Å². The Bertz CT molecular complexity index is 704. The third-order valence-corrected chi connectivity index (χ3v) is 5.22. The molecule has 0 spiro atoms. The first kappa shape index (κ1) is 18.7. The van der Waals surface area contributed by atoms with Gasteiger partial charge in [-0.3, -0.25) is 4.79 Å². The van der Waals surface area contributed by atoms with Crippen LogP contribution in [0.2, 0.25) is 0 Å². The minimum absolute atomic E-state index is 0.0526. The maximum atomic E-state index is 12.7. The third-order valence-electron chi connectivity index (χ3n) is 3.95. The van der Waals surface area contributed by atoms with Crippen LogP contribution in [0.5, 0.6) is 0 Å². The summed E-state index contributed by atoms with van der Waals surface area (Å²) in [5.41, 5.74) is -0.948. The molecule has 1 aliphatic rings. The molecule has 1 amide bonds. The first-order valence-corrected chi connectivity index (χ1v) is 9.33. The Morgan fingerprint density at radius 1 is 1.38 bits per heavy atom. The van der Waals surface area contributed by atoms with Crippen molar-refractivity contribution in [3.63, 3.8) is 0 Å². The standard InChI is InChI=1S/C15H19F3N2O3S/c1-24(22,23)20-7-3-4-11(10-20)9-19-14(21)12-5-2-6-13(8-12)15(16,17)18/h2,5-6,8,11H,3-4,7,9-10H2,1H3,(H,19,21). The Kier molecular flexibility index (Phi) is 5.54. The Morgan fingerprint density at radius 2 is 2.08 bits per heavy atom. The molecule has 1 aliphatic heterocycles. The van der Waals surface area contributed by atoms with Gasteiger partial charge in [0, 0.05) is 25.2 Å². The van der Waals surface area contributed by atoms with Gasteiger partial charge < -0.3 is 5.32 Å².